The first-order chi connectivity index (χ1) is 27.0. The minimum atomic E-state index is -0.0150. The molecule has 0 saturated heterocycles. The van der Waals surface area contributed by atoms with Crippen LogP contribution in [0.1, 0.15) is 58.2 Å². The van der Waals surface area contributed by atoms with Crippen molar-refractivity contribution in [1.82, 2.24) is 9.55 Å². The van der Waals surface area contributed by atoms with Crippen LogP contribution in [0.15, 0.2) is 158 Å². The Hall–Kier alpha value is -6.53. The molecule has 5 aromatic carbocycles. The number of allylic oxidation sites excluding steroid dienone is 4. The summed E-state index contributed by atoms with van der Waals surface area (Å²) in [6, 6.07) is 43.1. The second-order valence-electron chi connectivity index (χ2n) is 16.6. The van der Waals surface area contributed by atoms with Crippen molar-refractivity contribution < 1.29 is 9.47 Å². The maximum absolute atomic E-state index is 6.71. The highest BCUT2D eigenvalue weighted by Crippen LogP contribution is 2.47. The van der Waals surface area contributed by atoms with Crippen LogP contribution in [0.25, 0.3) is 33.2 Å². The van der Waals surface area contributed by atoms with Crippen LogP contribution in [0.5, 0.6) is 11.5 Å². The zero-order valence-electron chi connectivity index (χ0n) is 32.8. The lowest BCUT2D eigenvalue weighted by Crippen LogP contribution is -2.25. The van der Waals surface area contributed by atoms with Gasteiger partial charge in [0, 0.05) is 40.4 Å². The number of aromatic nitrogens is 2. The Morgan fingerprint density at radius 1 is 0.607 bits per heavy atom. The van der Waals surface area contributed by atoms with Crippen LogP contribution >= 0.6 is 0 Å². The van der Waals surface area contributed by atoms with E-state index >= 15 is 0 Å². The predicted molar refractivity (Wildman–Crippen MR) is 232 cm³/mol. The standard InChI is InChI=1S/C50H46N4O2/c1-49(2,3)35-20-22-40(34-13-12-27-55-28-25-34)46(29-35)53-33-52(44-18-9-10-19-45(44)53)37-14-11-15-38(31-37)56-39-21-23-42-41-16-7-8-17-43(41)54(47(42)32-39)48-30-36(24-26-51-48)50(4,5)6/h7-32H,33H2,1-6H3. The highest BCUT2D eigenvalue weighted by molar-refractivity contribution is 6.09. The van der Waals surface area contributed by atoms with Crippen LogP contribution in [0.4, 0.5) is 22.7 Å². The fourth-order valence-corrected chi connectivity index (χ4v) is 7.81. The van der Waals surface area contributed by atoms with E-state index < -0.39 is 0 Å². The maximum Gasteiger partial charge on any atom is 0.137 e. The molecule has 6 nitrogen and oxygen atoms in total. The van der Waals surface area contributed by atoms with Gasteiger partial charge in [0.2, 0.25) is 0 Å². The van der Waals surface area contributed by atoms with Gasteiger partial charge in [-0.2, -0.15) is 0 Å². The van der Waals surface area contributed by atoms with E-state index in [-0.39, 0.29) is 10.8 Å². The minimum Gasteiger partial charge on any atom is -0.473 e. The second kappa shape index (κ2) is 13.6. The number of rotatable bonds is 6. The molecule has 6 heteroatoms. The van der Waals surface area contributed by atoms with Gasteiger partial charge in [0.05, 0.1) is 40.6 Å². The van der Waals surface area contributed by atoms with E-state index in [1.807, 2.05) is 24.4 Å². The zero-order chi connectivity index (χ0) is 38.6. The molecule has 278 valence electrons. The van der Waals surface area contributed by atoms with E-state index in [9.17, 15) is 0 Å². The summed E-state index contributed by atoms with van der Waals surface area (Å²) in [7, 11) is 0. The van der Waals surface area contributed by atoms with E-state index in [1.54, 1.807) is 12.5 Å². The van der Waals surface area contributed by atoms with Gasteiger partial charge in [0.25, 0.3) is 0 Å². The van der Waals surface area contributed by atoms with E-state index in [0.717, 1.165) is 67.6 Å². The first-order valence-electron chi connectivity index (χ1n) is 19.3. The average Bonchev–Trinajstić information content (AvgIpc) is 3.60. The van der Waals surface area contributed by atoms with Gasteiger partial charge in [-0.1, -0.05) is 96.1 Å². The molecule has 0 atom stereocenters. The van der Waals surface area contributed by atoms with Crippen molar-refractivity contribution in [3.63, 3.8) is 0 Å². The van der Waals surface area contributed by atoms with Crippen molar-refractivity contribution >= 4 is 50.1 Å². The lowest BCUT2D eigenvalue weighted by atomic mass is 9.85. The predicted octanol–water partition coefficient (Wildman–Crippen LogP) is 13.3. The molecule has 0 aliphatic carbocycles. The molecule has 56 heavy (non-hydrogen) atoms. The third kappa shape index (κ3) is 6.41. The summed E-state index contributed by atoms with van der Waals surface area (Å²) in [5.41, 5.74) is 11.4. The summed E-state index contributed by atoms with van der Waals surface area (Å²) < 4.78 is 14.5. The largest absolute Gasteiger partial charge is 0.473 e. The van der Waals surface area contributed by atoms with E-state index in [4.69, 9.17) is 14.5 Å². The van der Waals surface area contributed by atoms with Gasteiger partial charge in [-0.15, -0.1) is 0 Å². The van der Waals surface area contributed by atoms with Crippen LogP contribution in [0.3, 0.4) is 0 Å². The van der Waals surface area contributed by atoms with Gasteiger partial charge in [0.15, 0.2) is 0 Å². The number of nitrogens with zero attached hydrogens (tertiary/aromatic N) is 4. The molecular formula is C50H46N4O2. The average molecular weight is 735 g/mol. The molecular weight excluding hydrogens is 689 g/mol. The molecule has 2 aromatic heterocycles. The van der Waals surface area contributed by atoms with Crippen LogP contribution in [-0.2, 0) is 15.6 Å². The number of fused-ring (bicyclic) bond motifs is 4. The van der Waals surface area contributed by atoms with Gasteiger partial charge in [-0.05, 0) is 100 Å². The summed E-state index contributed by atoms with van der Waals surface area (Å²) >= 11 is 0. The molecule has 4 heterocycles. The number of hydrogen-bond acceptors (Lipinski definition) is 5. The Morgan fingerprint density at radius 3 is 2.16 bits per heavy atom. The van der Waals surface area contributed by atoms with Crippen LogP contribution in [0.2, 0.25) is 0 Å². The highest BCUT2D eigenvalue weighted by Gasteiger charge is 2.31. The Kier molecular flexibility index (Phi) is 8.57. The lowest BCUT2D eigenvalue weighted by molar-refractivity contribution is 0.404. The molecule has 0 radical (unpaired) electrons. The molecule has 0 N–H and O–H groups in total. The summed E-state index contributed by atoms with van der Waals surface area (Å²) in [5.74, 6) is 2.43. The van der Waals surface area contributed by atoms with E-state index in [0.29, 0.717) is 6.67 Å². The van der Waals surface area contributed by atoms with Crippen molar-refractivity contribution in [3.8, 4) is 17.3 Å². The van der Waals surface area contributed by atoms with Crippen LogP contribution < -0.4 is 14.5 Å². The van der Waals surface area contributed by atoms with Gasteiger partial charge < -0.3 is 19.3 Å². The van der Waals surface area contributed by atoms with Crippen molar-refractivity contribution in [1.29, 1.82) is 0 Å². The van der Waals surface area contributed by atoms with Crippen molar-refractivity contribution in [2.24, 2.45) is 0 Å². The quantitative estimate of drug-likeness (QED) is 0.170. The number of anilines is 4. The molecule has 0 amide bonds. The highest BCUT2D eigenvalue weighted by atomic mass is 16.5. The minimum absolute atomic E-state index is 0.00186. The number of ether oxygens (including phenoxy) is 2. The molecule has 9 rings (SSSR count). The topological polar surface area (TPSA) is 42.8 Å². The molecule has 0 spiro atoms. The third-order valence-electron chi connectivity index (χ3n) is 10.8. The normalized spacial score (nSPS) is 14.2. The van der Waals surface area contributed by atoms with Gasteiger partial charge in [-0.3, -0.25) is 4.57 Å². The van der Waals surface area contributed by atoms with Crippen LogP contribution in [-0.4, -0.2) is 16.2 Å². The molecule has 2 aliphatic rings. The first kappa shape index (κ1) is 35.2. The zero-order valence-corrected chi connectivity index (χ0v) is 32.8. The lowest BCUT2D eigenvalue weighted by Gasteiger charge is -2.28. The number of hydrogen-bond donors (Lipinski definition) is 0. The first-order valence-corrected chi connectivity index (χ1v) is 19.3. The Labute approximate surface area is 329 Å². The summed E-state index contributed by atoms with van der Waals surface area (Å²) in [6.07, 6.45) is 11.5. The molecule has 0 fully saturated rings. The maximum atomic E-state index is 6.71. The molecule has 0 bridgehead atoms. The molecule has 7 aromatic rings. The Bertz CT molecular complexity index is 2720. The Morgan fingerprint density at radius 2 is 1.34 bits per heavy atom. The number of benzene rings is 5. The third-order valence-corrected chi connectivity index (χ3v) is 10.8. The van der Waals surface area contributed by atoms with Crippen molar-refractivity contribution in [2.75, 3.05) is 16.5 Å². The number of para-hydroxylation sites is 3. The summed E-state index contributed by atoms with van der Waals surface area (Å²) in [5, 5.41) is 2.34. The van der Waals surface area contributed by atoms with Gasteiger partial charge >= 0.3 is 0 Å². The smallest absolute Gasteiger partial charge is 0.137 e. The SMILES string of the molecule is CC(C)(C)c1ccnc(-n2c3ccccc3c3ccc(Oc4cccc(N5CN(c6cc(C(C)(C)C)ccc6C6=CC=COC=C6)c6ccccc65)c4)cc32)c1. The monoisotopic (exact) mass is 734 g/mol. The van der Waals surface area contributed by atoms with Gasteiger partial charge in [0.1, 0.15) is 24.0 Å². The number of pyridine rings is 1. The fourth-order valence-electron chi connectivity index (χ4n) is 7.81. The fraction of sp³-hybridized carbons (Fsp3) is 0.180. The van der Waals surface area contributed by atoms with Crippen LogP contribution in [0, 0.1) is 0 Å². The van der Waals surface area contributed by atoms with Crippen molar-refractivity contribution in [3.05, 3.63) is 175 Å². The summed E-state index contributed by atoms with van der Waals surface area (Å²) in [6.45, 7) is 14.1. The van der Waals surface area contributed by atoms with E-state index in [2.05, 4.69) is 177 Å². The Balaban J connectivity index is 1.08. The molecule has 0 saturated carbocycles. The molecule has 0 unspecified atom stereocenters. The molecule has 2 aliphatic heterocycles. The van der Waals surface area contributed by atoms with Gasteiger partial charge in [-0.25, -0.2) is 4.98 Å². The van der Waals surface area contributed by atoms with E-state index in [1.165, 1.54) is 16.5 Å². The summed E-state index contributed by atoms with van der Waals surface area (Å²) in [4.78, 5) is 9.65. The second-order valence-corrected chi connectivity index (χ2v) is 16.6. The van der Waals surface area contributed by atoms with Crippen molar-refractivity contribution in [2.45, 2.75) is 52.4 Å².